The summed E-state index contributed by atoms with van der Waals surface area (Å²) in [5.41, 5.74) is 0. The van der Waals surface area contributed by atoms with Gasteiger partial charge in [-0.2, -0.15) is 0 Å². The van der Waals surface area contributed by atoms with Gasteiger partial charge in [0.25, 0.3) is 5.24 Å². The number of nitrogens with one attached hydrogen (secondary N) is 3. The van der Waals surface area contributed by atoms with Gasteiger partial charge < -0.3 is 16.0 Å². The van der Waals surface area contributed by atoms with Gasteiger partial charge in [0.2, 0.25) is 5.91 Å². The summed E-state index contributed by atoms with van der Waals surface area (Å²) in [6.45, 7) is 5.44. The Morgan fingerprint density at radius 3 is 2.87 bits per heavy atom. The molecule has 1 fully saturated rings. The predicted octanol–water partition coefficient (Wildman–Crippen LogP) is -0.0744. The highest BCUT2D eigenvalue weighted by molar-refractivity contribution is 8.14. The van der Waals surface area contributed by atoms with E-state index >= 15 is 0 Å². The molecule has 15 heavy (non-hydrogen) atoms. The lowest BCUT2D eigenvalue weighted by Gasteiger charge is -2.11. The number of amides is 2. The fourth-order valence-electron chi connectivity index (χ4n) is 1.20. The van der Waals surface area contributed by atoms with Gasteiger partial charge in [0, 0.05) is 24.9 Å². The van der Waals surface area contributed by atoms with Crippen LogP contribution in [0.25, 0.3) is 0 Å². The van der Waals surface area contributed by atoms with Crippen molar-refractivity contribution in [3.05, 3.63) is 0 Å². The van der Waals surface area contributed by atoms with E-state index in [0.717, 1.165) is 18.3 Å². The van der Waals surface area contributed by atoms with Crippen molar-refractivity contribution in [1.82, 2.24) is 16.0 Å². The minimum Gasteiger partial charge on any atom is -0.353 e. The van der Waals surface area contributed by atoms with E-state index in [0.29, 0.717) is 18.3 Å². The van der Waals surface area contributed by atoms with Crippen LogP contribution in [0.15, 0.2) is 0 Å². The van der Waals surface area contributed by atoms with Crippen LogP contribution in [0.5, 0.6) is 0 Å². The Morgan fingerprint density at radius 1 is 1.60 bits per heavy atom. The van der Waals surface area contributed by atoms with Crippen LogP contribution in [-0.4, -0.2) is 42.1 Å². The molecule has 1 aliphatic heterocycles. The Morgan fingerprint density at radius 2 is 2.33 bits per heavy atom. The van der Waals surface area contributed by atoms with Gasteiger partial charge >= 0.3 is 0 Å². The minimum absolute atomic E-state index is 0.0982. The molecule has 1 rings (SSSR count). The summed E-state index contributed by atoms with van der Waals surface area (Å²) in [6.07, 6.45) is 0. The predicted molar refractivity (Wildman–Crippen MR) is 60.9 cm³/mol. The van der Waals surface area contributed by atoms with Gasteiger partial charge in [-0.1, -0.05) is 25.6 Å². The van der Waals surface area contributed by atoms with Crippen LogP contribution in [0.1, 0.15) is 13.8 Å². The molecule has 86 valence electrons. The number of rotatable bonds is 5. The van der Waals surface area contributed by atoms with Crippen molar-refractivity contribution in [2.45, 2.75) is 25.9 Å². The van der Waals surface area contributed by atoms with Crippen molar-refractivity contribution in [2.75, 3.05) is 18.8 Å². The average molecular weight is 231 g/mol. The highest BCUT2D eigenvalue weighted by Gasteiger charge is 2.27. The summed E-state index contributed by atoms with van der Waals surface area (Å²) in [6, 6.07) is 0.0604. The third-order valence-electron chi connectivity index (χ3n) is 1.97. The molecule has 0 spiro atoms. The molecule has 0 bridgehead atoms. The van der Waals surface area contributed by atoms with Crippen LogP contribution in [-0.2, 0) is 4.79 Å². The number of hydrogen-bond acceptors (Lipinski definition) is 4. The summed E-state index contributed by atoms with van der Waals surface area (Å²) < 4.78 is 0. The molecule has 3 N–H and O–H groups in total. The van der Waals surface area contributed by atoms with E-state index in [1.54, 1.807) is 0 Å². The Kier molecular flexibility index (Phi) is 4.90. The van der Waals surface area contributed by atoms with Crippen LogP contribution in [0.3, 0.4) is 0 Å². The summed E-state index contributed by atoms with van der Waals surface area (Å²) in [5, 5.41) is 8.44. The summed E-state index contributed by atoms with van der Waals surface area (Å²) in [4.78, 5) is 22.3. The Hall–Kier alpha value is -0.750. The van der Waals surface area contributed by atoms with Crippen LogP contribution >= 0.6 is 11.8 Å². The maximum Gasteiger partial charge on any atom is 0.279 e. The van der Waals surface area contributed by atoms with Crippen LogP contribution in [0, 0.1) is 0 Å². The van der Waals surface area contributed by atoms with Gasteiger partial charge in [-0.3, -0.25) is 9.59 Å². The highest BCUT2D eigenvalue weighted by atomic mass is 32.2. The smallest absolute Gasteiger partial charge is 0.279 e. The molecule has 0 aliphatic carbocycles. The van der Waals surface area contributed by atoms with Gasteiger partial charge in [-0.25, -0.2) is 0 Å². The second-order valence-electron chi connectivity index (χ2n) is 3.70. The Labute approximate surface area is 93.7 Å². The first-order valence-corrected chi connectivity index (χ1v) is 6.02. The number of carbonyl (C=O) groups excluding carboxylic acids is 2. The van der Waals surface area contributed by atoms with Crippen molar-refractivity contribution in [1.29, 1.82) is 0 Å². The first-order chi connectivity index (χ1) is 7.09. The molecule has 0 aromatic rings. The Bertz CT molecular complexity index is 246. The van der Waals surface area contributed by atoms with E-state index in [-0.39, 0.29) is 17.2 Å². The molecule has 1 aliphatic rings. The molecule has 2 amide bonds. The average Bonchev–Trinajstić information content (AvgIpc) is 2.59. The topological polar surface area (TPSA) is 70.2 Å². The third kappa shape index (κ3) is 4.53. The van der Waals surface area contributed by atoms with Crippen molar-refractivity contribution >= 4 is 22.9 Å². The molecular formula is C9H17N3O2S. The molecule has 0 aromatic heterocycles. The summed E-state index contributed by atoms with van der Waals surface area (Å²) in [5.74, 6) is 0.432. The second kappa shape index (κ2) is 5.97. The van der Waals surface area contributed by atoms with Crippen LogP contribution in [0.4, 0.5) is 4.79 Å². The molecule has 1 saturated heterocycles. The minimum atomic E-state index is -0.360. The van der Waals surface area contributed by atoms with Gasteiger partial charge in [0.15, 0.2) is 0 Å². The highest BCUT2D eigenvalue weighted by Crippen LogP contribution is 2.12. The van der Waals surface area contributed by atoms with Gasteiger partial charge in [-0.15, -0.1) is 0 Å². The van der Waals surface area contributed by atoms with E-state index in [1.165, 1.54) is 0 Å². The van der Waals surface area contributed by atoms with Gasteiger partial charge in [0.1, 0.15) is 6.04 Å². The summed E-state index contributed by atoms with van der Waals surface area (Å²) >= 11 is 1.15. The van der Waals surface area contributed by atoms with Gasteiger partial charge in [0.05, 0.1) is 0 Å². The van der Waals surface area contributed by atoms with Crippen LogP contribution in [0.2, 0.25) is 0 Å². The van der Waals surface area contributed by atoms with E-state index < -0.39 is 0 Å². The number of hydrogen-bond donors (Lipinski definition) is 3. The largest absolute Gasteiger partial charge is 0.353 e. The molecule has 0 saturated carbocycles. The molecule has 1 atom stereocenters. The van der Waals surface area contributed by atoms with E-state index in [9.17, 15) is 9.59 Å². The summed E-state index contributed by atoms with van der Waals surface area (Å²) in [7, 11) is 0. The molecule has 5 nitrogen and oxygen atoms in total. The number of carbonyl (C=O) groups is 2. The van der Waals surface area contributed by atoms with E-state index in [2.05, 4.69) is 29.8 Å². The first kappa shape index (κ1) is 12.3. The molecule has 0 radical (unpaired) electrons. The molecule has 1 heterocycles. The van der Waals surface area contributed by atoms with Crippen molar-refractivity contribution in [3.8, 4) is 0 Å². The standard InChI is InChI=1S/C9H17N3O2S/c1-6(2)10-3-4-11-8(13)7-5-15-9(14)12-7/h6-7,10H,3-5H2,1-2H3,(H,11,13)(H,12,14). The maximum atomic E-state index is 11.5. The fraction of sp³-hybridized carbons (Fsp3) is 0.778. The molecule has 0 aromatic carbocycles. The monoisotopic (exact) mass is 231 g/mol. The first-order valence-electron chi connectivity index (χ1n) is 5.04. The zero-order valence-corrected chi connectivity index (χ0v) is 9.82. The number of thioether (sulfide) groups is 1. The Balaban J connectivity index is 2.11. The molecule has 6 heteroatoms. The lowest BCUT2D eigenvalue weighted by Crippen LogP contribution is -2.45. The van der Waals surface area contributed by atoms with E-state index in [4.69, 9.17) is 0 Å². The quantitative estimate of drug-likeness (QED) is 0.579. The lowest BCUT2D eigenvalue weighted by atomic mass is 10.3. The van der Waals surface area contributed by atoms with Gasteiger partial charge in [-0.05, 0) is 0 Å². The van der Waals surface area contributed by atoms with E-state index in [1.807, 2.05) is 0 Å². The van der Waals surface area contributed by atoms with Crippen LogP contribution < -0.4 is 16.0 Å². The third-order valence-corrected chi connectivity index (χ3v) is 2.85. The molecule has 1 unspecified atom stereocenters. The zero-order chi connectivity index (χ0) is 11.3. The second-order valence-corrected chi connectivity index (χ2v) is 4.69. The lowest BCUT2D eigenvalue weighted by molar-refractivity contribution is -0.122. The van der Waals surface area contributed by atoms with Crippen molar-refractivity contribution in [3.63, 3.8) is 0 Å². The normalized spacial score (nSPS) is 20.5. The maximum absolute atomic E-state index is 11.5. The SMILES string of the molecule is CC(C)NCCNC(=O)C1CSC(=O)N1. The van der Waals surface area contributed by atoms with Crippen molar-refractivity contribution in [2.24, 2.45) is 0 Å². The van der Waals surface area contributed by atoms with Crippen molar-refractivity contribution < 1.29 is 9.59 Å². The zero-order valence-electron chi connectivity index (χ0n) is 9.00. The molecular weight excluding hydrogens is 214 g/mol. The fourth-order valence-corrected chi connectivity index (χ4v) is 1.97.